The number of aromatic carboxylic acids is 2. The number of nitrogens with one attached hydrogen (secondary N) is 3. The monoisotopic (exact) mass is 571 g/mol. The Balaban J connectivity index is 1.56. The van der Waals surface area contributed by atoms with Gasteiger partial charge in [-0.3, -0.25) is 9.59 Å². The van der Waals surface area contributed by atoms with E-state index in [1.54, 1.807) is 36.4 Å². The highest BCUT2D eigenvalue weighted by atomic mass is 16.4. The first-order valence-corrected chi connectivity index (χ1v) is 12.9. The number of carboxylic acids is 3. The van der Waals surface area contributed by atoms with Crippen molar-refractivity contribution in [3.05, 3.63) is 65.2 Å². The Labute approximate surface area is 236 Å². The maximum Gasteiger partial charge on any atom is 0.337 e. The molecule has 0 unspecified atom stereocenters. The molecule has 1 amide bonds. The summed E-state index contributed by atoms with van der Waals surface area (Å²) >= 11 is 0. The number of benzene rings is 3. The molecular formula is C29H25N5O8. The van der Waals surface area contributed by atoms with Crippen molar-refractivity contribution in [3.8, 4) is 28.5 Å². The average Bonchev–Trinajstić information content (AvgIpc) is 3.58. The van der Waals surface area contributed by atoms with Gasteiger partial charge in [0.15, 0.2) is 0 Å². The number of aliphatic carboxylic acids is 1. The Morgan fingerprint density at radius 2 is 1.24 bits per heavy atom. The van der Waals surface area contributed by atoms with Crippen LogP contribution >= 0.6 is 0 Å². The third-order valence-electron chi connectivity index (χ3n) is 6.70. The van der Waals surface area contributed by atoms with Crippen molar-refractivity contribution in [1.29, 1.82) is 0 Å². The number of hydrogen-bond acceptors (Lipinski definition) is 7. The molecule has 0 aliphatic heterocycles. The fourth-order valence-electron chi connectivity index (χ4n) is 4.67. The Bertz CT molecular complexity index is 1760. The quantitative estimate of drug-likeness (QED) is 0.112. The molecule has 5 rings (SSSR count). The van der Waals surface area contributed by atoms with Gasteiger partial charge in [0.05, 0.1) is 33.3 Å². The molecule has 0 saturated carbocycles. The van der Waals surface area contributed by atoms with Crippen LogP contribution in [0.25, 0.3) is 44.8 Å². The number of hydrogen-bond donors (Lipinski definition) is 7. The lowest BCUT2D eigenvalue weighted by Crippen LogP contribution is -2.22. The molecule has 13 heteroatoms. The number of carbonyl (C=O) groups is 4. The van der Waals surface area contributed by atoms with E-state index in [1.807, 2.05) is 0 Å². The number of phenols is 1. The largest absolute Gasteiger partial charge is 0.506 e. The van der Waals surface area contributed by atoms with Gasteiger partial charge in [-0.15, -0.1) is 0 Å². The van der Waals surface area contributed by atoms with Gasteiger partial charge in [-0.05, 0) is 54.8 Å². The molecule has 7 N–H and O–H groups in total. The molecule has 0 fully saturated rings. The van der Waals surface area contributed by atoms with E-state index in [1.165, 1.54) is 12.1 Å². The number of aromatic amines is 2. The highest BCUT2D eigenvalue weighted by Crippen LogP contribution is 2.39. The van der Waals surface area contributed by atoms with Crippen LogP contribution in [0.5, 0.6) is 5.75 Å². The first kappa shape index (κ1) is 27.8. The molecule has 2 heterocycles. The highest BCUT2D eigenvalue weighted by molar-refractivity contribution is 6.03. The highest BCUT2D eigenvalue weighted by Gasteiger charge is 2.22. The number of carboxylic acid groups (broad SMARTS) is 3. The second-order valence-corrected chi connectivity index (χ2v) is 9.60. The van der Waals surface area contributed by atoms with E-state index in [9.17, 15) is 34.5 Å². The summed E-state index contributed by atoms with van der Waals surface area (Å²) in [5, 5.41) is 42.1. The zero-order chi connectivity index (χ0) is 30.0. The fourth-order valence-corrected chi connectivity index (χ4v) is 4.67. The third-order valence-corrected chi connectivity index (χ3v) is 6.70. The number of rotatable bonds is 11. The van der Waals surface area contributed by atoms with Gasteiger partial charge in [0.2, 0.25) is 5.91 Å². The molecule has 2 aromatic heterocycles. The van der Waals surface area contributed by atoms with E-state index >= 15 is 0 Å². The van der Waals surface area contributed by atoms with Crippen molar-refractivity contribution >= 4 is 45.9 Å². The second-order valence-electron chi connectivity index (χ2n) is 9.60. The van der Waals surface area contributed by atoms with Crippen LogP contribution in [0.15, 0.2) is 48.5 Å². The molecule has 0 radical (unpaired) electrons. The van der Waals surface area contributed by atoms with Crippen LogP contribution in [0.3, 0.4) is 0 Å². The Kier molecular flexibility index (Phi) is 7.56. The molecule has 5 aromatic rings. The van der Waals surface area contributed by atoms with E-state index in [2.05, 4.69) is 25.3 Å². The number of imidazole rings is 2. The minimum absolute atomic E-state index is 0.0276. The summed E-state index contributed by atoms with van der Waals surface area (Å²) in [6.07, 6.45) is 0.874. The molecule has 0 bridgehead atoms. The summed E-state index contributed by atoms with van der Waals surface area (Å²) in [5.74, 6) is -3.48. The normalized spacial score (nSPS) is 11.1. The number of para-hydroxylation sites is 2. The summed E-state index contributed by atoms with van der Waals surface area (Å²) in [4.78, 5) is 61.5. The number of amides is 1. The summed E-state index contributed by atoms with van der Waals surface area (Å²) in [6, 6.07) is 12.4. The molecule has 0 aliphatic carbocycles. The Morgan fingerprint density at radius 1 is 0.738 bits per heavy atom. The van der Waals surface area contributed by atoms with E-state index in [0.717, 1.165) is 0 Å². The van der Waals surface area contributed by atoms with Gasteiger partial charge in [-0.25, -0.2) is 19.6 Å². The van der Waals surface area contributed by atoms with Crippen molar-refractivity contribution in [2.45, 2.75) is 32.2 Å². The van der Waals surface area contributed by atoms with Crippen molar-refractivity contribution in [2.24, 2.45) is 0 Å². The van der Waals surface area contributed by atoms with Gasteiger partial charge in [0.1, 0.15) is 28.4 Å². The molecule has 0 saturated heterocycles. The SMILES string of the molecule is O=C(O)CCCCC(=O)NCc1cc(-c2nc3c(C(=O)O)cccc3[nH]2)c(O)c(-c2nc3c(C(=O)O)cccc3[nH]2)c1. The van der Waals surface area contributed by atoms with Gasteiger partial charge in [0, 0.05) is 19.4 Å². The van der Waals surface area contributed by atoms with Crippen molar-refractivity contribution in [2.75, 3.05) is 0 Å². The zero-order valence-corrected chi connectivity index (χ0v) is 22.0. The summed E-state index contributed by atoms with van der Waals surface area (Å²) in [5.41, 5.74) is 2.12. The predicted octanol–water partition coefficient (Wildman–Crippen LogP) is 4.14. The van der Waals surface area contributed by atoms with Gasteiger partial charge in [0.25, 0.3) is 0 Å². The first-order chi connectivity index (χ1) is 20.1. The standard InChI is InChI=1S/C29H25N5O8/c35-21(9-1-2-10-22(36)37)30-13-14-11-17(26-31-19-7-3-5-15(28(39)40)23(19)33-26)25(38)18(12-14)27-32-20-8-4-6-16(29(41)42)24(20)34-27/h3-8,11-12,38H,1-2,9-10,13H2,(H,30,35)(H,31,33)(H,32,34)(H,36,37)(H,39,40)(H,41,42). The van der Waals surface area contributed by atoms with Gasteiger partial charge in [-0.2, -0.15) is 0 Å². The molecule has 13 nitrogen and oxygen atoms in total. The van der Waals surface area contributed by atoms with Crippen LogP contribution in [0.1, 0.15) is 52.0 Å². The van der Waals surface area contributed by atoms with Crippen molar-refractivity contribution < 1.29 is 39.6 Å². The number of aromatic hydroxyl groups is 1. The van der Waals surface area contributed by atoms with Crippen LogP contribution < -0.4 is 5.32 Å². The molecular weight excluding hydrogens is 546 g/mol. The second kappa shape index (κ2) is 11.4. The lowest BCUT2D eigenvalue weighted by molar-refractivity contribution is -0.137. The van der Waals surface area contributed by atoms with Crippen LogP contribution in [0.4, 0.5) is 0 Å². The summed E-state index contributed by atoms with van der Waals surface area (Å²) in [6.45, 7) is 0.0409. The molecule has 42 heavy (non-hydrogen) atoms. The number of unbranched alkanes of at least 4 members (excludes halogenated alkanes) is 1. The van der Waals surface area contributed by atoms with Crippen molar-refractivity contribution in [3.63, 3.8) is 0 Å². The third kappa shape index (κ3) is 5.61. The van der Waals surface area contributed by atoms with Gasteiger partial charge in [-0.1, -0.05) is 12.1 Å². The van der Waals surface area contributed by atoms with Crippen LogP contribution in [0.2, 0.25) is 0 Å². The predicted molar refractivity (Wildman–Crippen MR) is 150 cm³/mol. The van der Waals surface area contributed by atoms with Gasteiger partial charge >= 0.3 is 17.9 Å². The number of nitrogens with zero attached hydrogens (tertiary/aromatic N) is 2. The lowest BCUT2D eigenvalue weighted by atomic mass is 10.0. The lowest BCUT2D eigenvalue weighted by Gasteiger charge is -2.12. The maximum absolute atomic E-state index is 12.4. The number of aromatic nitrogens is 4. The maximum atomic E-state index is 12.4. The summed E-state index contributed by atoms with van der Waals surface area (Å²) in [7, 11) is 0. The number of carbonyl (C=O) groups excluding carboxylic acids is 1. The number of H-pyrrole nitrogens is 2. The van der Waals surface area contributed by atoms with E-state index < -0.39 is 17.9 Å². The van der Waals surface area contributed by atoms with Crippen LogP contribution in [-0.4, -0.2) is 64.2 Å². The zero-order valence-electron chi connectivity index (χ0n) is 22.0. The molecule has 3 aromatic carbocycles. The minimum Gasteiger partial charge on any atom is -0.506 e. The summed E-state index contributed by atoms with van der Waals surface area (Å²) < 4.78 is 0. The van der Waals surface area contributed by atoms with Crippen LogP contribution in [0, 0.1) is 0 Å². The Morgan fingerprint density at radius 3 is 1.71 bits per heavy atom. The number of fused-ring (bicyclic) bond motifs is 2. The molecule has 214 valence electrons. The van der Waals surface area contributed by atoms with E-state index in [-0.39, 0.29) is 76.0 Å². The topological polar surface area (TPSA) is 219 Å². The van der Waals surface area contributed by atoms with Crippen LogP contribution in [-0.2, 0) is 16.1 Å². The fraction of sp³-hybridized carbons (Fsp3) is 0.172. The smallest absolute Gasteiger partial charge is 0.337 e. The molecule has 0 spiro atoms. The first-order valence-electron chi connectivity index (χ1n) is 12.9. The molecule has 0 atom stereocenters. The Hall–Kier alpha value is -5.72. The van der Waals surface area contributed by atoms with E-state index in [4.69, 9.17) is 5.11 Å². The molecule has 0 aliphatic rings. The average molecular weight is 572 g/mol. The van der Waals surface area contributed by atoms with Gasteiger partial charge < -0.3 is 35.7 Å². The van der Waals surface area contributed by atoms with E-state index in [0.29, 0.717) is 29.4 Å². The number of phenolic OH excluding ortho intramolecular Hbond substituents is 1. The van der Waals surface area contributed by atoms with Crippen molar-refractivity contribution in [1.82, 2.24) is 25.3 Å². The minimum atomic E-state index is -1.17.